The number of hydrogen-bond donors (Lipinski definition) is 0. The molecule has 1 aliphatic carbocycles. The van der Waals surface area contributed by atoms with Crippen LogP contribution in [0.15, 0.2) is 16.7 Å². The lowest BCUT2D eigenvalue weighted by molar-refractivity contribution is 0.101. The molecule has 0 aliphatic heterocycles. The number of rotatable bonds is 1. The lowest BCUT2D eigenvalue weighted by atomic mass is 9.84. The summed E-state index contributed by atoms with van der Waals surface area (Å²) in [5.74, 6) is 0. The monoisotopic (exact) mass is 291 g/mol. The summed E-state index contributed by atoms with van der Waals surface area (Å²) in [7, 11) is 0. The molecule has 15 heavy (non-hydrogen) atoms. The summed E-state index contributed by atoms with van der Waals surface area (Å²) in [6.07, 6.45) is 5.65. The predicted octanol–water partition coefficient (Wildman–Crippen LogP) is 4.63. The molecule has 0 N–H and O–H groups in total. The predicted molar refractivity (Wildman–Crippen MR) is 62.8 cm³/mol. The summed E-state index contributed by atoms with van der Waals surface area (Å²) in [4.78, 5) is 4.12. The van der Waals surface area contributed by atoms with Crippen molar-refractivity contribution >= 4 is 27.5 Å². The molecule has 0 saturated heterocycles. The van der Waals surface area contributed by atoms with Gasteiger partial charge in [0.1, 0.15) is 0 Å². The van der Waals surface area contributed by atoms with E-state index in [2.05, 4.69) is 20.9 Å². The van der Waals surface area contributed by atoms with Crippen LogP contribution in [-0.4, -0.2) is 4.98 Å². The van der Waals surface area contributed by atoms with Gasteiger partial charge < -0.3 is 0 Å². The van der Waals surface area contributed by atoms with E-state index in [-0.39, 0.29) is 0 Å². The molecule has 0 atom stereocenters. The van der Waals surface area contributed by atoms with Crippen molar-refractivity contribution in [2.75, 3.05) is 0 Å². The van der Waals surface area contributed by atoms with Crippen LogP contribution in [0, 0.1) is 0 Å². The number of alkyl halides is 1. The largest absolute Gasteiger partial charge is 0.255 e. The Labute approximate surface area is 102 Å². The van der Waals surface area contributed by atoms with Crippen LogP contribution in [0.2, 0.25) is 5.02 Å². The van der Waals surface area contributed by atoms with Crippen LogP contribution in [0.4, 0.5) is 4.39 Å². The molecule has 0 amide bonds. The van der Waals surface area contributed by atoms with Gasteiger partial charge in [0.25, 0.3) is 0 Å². The molecule has 1 nitrogen and oxygen atoms in total. The lowest BCUT2D eigenvalue weighted by Gasteiger charge is -2.29. The van der Waals surface area contributed by atoms with Crippen molar-refractivity contribution in [3.8, 4) is 0 Å². The van der Waals surface area contributed by atoms with Gasteiger partial charge in [-0.05, 0) is 47.7 Å². The molecule has 1 fully saturated rings. The van der Waals surface area contributed by atoms with Crippen LogP contribution in [0.3, 0.4) is 0 Å². The van der Waals surface area contributed by atoms with Gasteiger partial charge in [-0.25, -0.2) is 4.39 Å². The summed E-state index contributed by atoms with van der Waals surface area (Å²) >= 11 is 9.29. The van der Waals surface area contributed by atoms with Crippen LogP contribution in [0.25, 0.3) is 0 Å². The quantitative estimate of drug-likeness (QED) is 0.735. The minimum absolute atomic E-state index is 0.409. The number of pyridine rings is 1. The molecule has 1 saturated carbocycles. The Morgan fingerprint density at radius 3 is 2.60 bits per heavy atom. The molecule has 1 aliphatic rings. The van der Waals surface area contributed by atoms with Crippen molar-refractivity contribution in [3.05, 3.63) is 27.5 Å². The summed E-state index contributed by atoms with van der Waals surface area (Å²) in [5, 5.41) is 0.425. The van der Waals surface area contributed by atoms with Crippen molar-refractivity contribution in [1.29, 1.82) is 0 Å². The third kappa shape index (κ3) is 2.34. The first-order valence-corrected chi connectivity index (χ1v) is 6.29. The summed E-state index contributed by atoms with van der Waals surface area (Å²) in [6.45, 7) is 0. The van der Waals surface area contributed by atoms with Gasteiger partial charge in [-0.15, -0.1) is 0 Å². The van der Waals surface area contributed by atoms with E-state index >= 15 is 0 Å². The van der Waals surface area contributed by atoms with Crippen LogP contribution < -0.4 is 0 Å². The van der Waals surface area contributed by atoms with E-state index in [1.807, 2.05) is 0 Å². The van der Waals surface area contributed by atoms with E-state index in [0.717, 1.165) is 23.7 Å². The highest BCUT2D eigenvalue weighted by molar-refractivity contribution is 9.10. The van der Waals surface area contributed by atoms with Gasteiger partial charge in [-0.3, -0.25) is 4.98 Å². The minimum Gasteiger partial charge on any atom is -0.255 e. The zero-order chi connectivity index (χ0) is 10.9. The third-order valence-corrected chi connectivity index (χ3v) is 3.60. The maximum atomic E-state index is 14.5. The van der Waals surface area contributed by atoms with Gasteiger partial charge in [0.05, 0.1) is 10.7 Å². The Bertz CT molecular complexity index is 364. The number of halogens is 3. The second kappa shape index (κ2) is 4.38. The highest BCUT2D eigenvalue weighted by atomic mass is 79.9. The molecule has 82 valence electrons. The SMILES string of the molecule is FC1(c2ncc(Br)cc2Cl)CCCCC1. The van der Waals surface area contributed by atoms with Crippen molar-refractivity contribution in [3.63, 3.8) is 0 Å². The Kier molecular flexibility index (Phi) is 3.31. The maximum absolute atomic E-state index is 14.5. The first-order chi connectivity index (χ1) is 7.12. The molecular formula is C11H12BrClFN. The van der Waals surface area contributed by atoms with Gasteiger partial charge in [-0.1, -0.05) is 18.0 Å². The van der Waals surface area contributed by atoms with Gasteiger partial charge in [0, 0.05) is 10.7 Å². The van der Waals surface area contributed by atoms with Gasteiger partial charge in [-0.2, -0.15) is 0 Å². The first kappa shape index (κ1) is 11.3. The highest BCUT2D eigenvalue weighted by Crippen LogP contribution is 2.42. The van der Waals surface area contributed by atoms with E-state index in [1.165, 1.54) is 0 Å². The Balaban J connectivity index is 2.35. The van der Waals surface area contributed by atoms with Gasteiger partial charge >= 0.3 is 0 Å². The lowest BCUT2D eigenvalue weighted by Crippen LogP contribution is -2.25. The van der Waals surface area contributed by atoms with Gasteiger partial charge in [0.2, 0.25) is 0 Å². The highest BCUT2D eigenvalue weighted by Gasteiger charge is 2.36. The van der Waals surface area contributed by atoms with Crippen molar-refractivity contribution in [2.45, 2.75) is 37.8 Å². The van der Waals surface area contributed by atoms with Gasteiger partial charge in [0.15, 0.2) is 5.67 Å². The zero-order valence-electron chi connectivity index (χ0n) is 8.27. The Morgan fingerprint density at radius 2 is 2.00 bits per heavy atom. The normalized spacial score (nSPS) is 20.2. The van der Waals surface area contributed by atoms with E-state index in [4.69, 9.17) is 11.6 Å². The summed E-state index contributed by atoms with van der Waals surface area (Å²) < 4.78 is 15.3. The second-order valence-electron chi connectivity index (χ2n) is 4.01. The standard InChI is InChI=1S/C11H12BrClFN/c12-8-6-9(13)10(15-7-8)11(14)4-2-1-3-5-11/h6-7H,1-5H2. The number of hydrogen-bond acceptors (Lipinski definition) is 1. The molecule has 0 radical (unpaired) electrons. The minimum atomic E-state index is -1.31. The number of nitrogens with zero attached hydrogens (tertiary/aromatic N) is 1. The van der Waals surface area contributed by atoms with E-state index in [0.29, 0.717) is 23.6 Å². The first-order valence-electron chi connectivity index (χ1n) is 5.12. The fourth-order valence-corrected chi connectivity index (χ4v) is 2.89. The van der Waals surface area contributed by atoms with Crippen molar-refractivity contribution in [1.82, 2.24) is 4.98 Å². The van der Waals surface area contributed by atoms with E-state index in [1.54, 1.807) is 12.3 Å². The molecule has 1 aromatic heterocycles. The molecule has 1 heterocycles. The molecule has 0 aromatic carbocycles. The molecular weight excluding hydrogens is 280 g/mol. The third-order valence-electron chi connectivity index (χ3n) is 2.88. The van der Waals surface area contributed by atoms with Crippen molar-refractivity contribution < 1.29 is 4.39 Å². The fourth-order valence-electron chi connectivity index (χ4n) is 2.09. The molecule has 4 heteroatoms. The maximum Gasteiger partial charge on any atom is 0.154 e. The number of aromatic nitrogens is 1. The second-order valence-corrected chi connectivity index (χ2v) is 5.33. The fraction of sp³-hybridized carbons (Fsp3) is 0.545. The van der Waals surface area contributed by atoms with Crippen LogP contribution >= 0.6 is 27.5 Å². The average Bonchev–Trinajstić information content (AvgIpc) is 2.18. The Morgan fingerprint density at radius 1 is 1.33 bits per heavy atom. The van der Waals surface area contributed by atoms with E-state index in [9.17, 15) is 4.39 Å². The molecule has 0 bridgehead atoms. The van der Waals surface area contributed by atoms with Crippen LogP contribution in [0.5, 0.6) is 0 Å². The topological polar surface area (TPSA) is 12.9 Å². The smallest absolute Gasteiger partial charge is 0.154 e. The molecule has 0 spiro atoms. The zero-order valence-corrected chi connectivity index (χ0v) is 10.6. The van der Waals surface area contributed by atoms with E-state index < -0.39 is 5.67 Å². The average molecular weight is 293 g/mol. The van der Waals surface area contributed by atoms with Crippen LogP contribution in [-0.2, 0) is 5.67 Å². The molecule has 0 unspecified atom stereocenters. The molecule has 1 aromatic rings. The summed E-state index contributed by atoms with van der Waals surface area (Å²) in [6, 6.07) is 1.71. The summed E-state index contributed by atoms with van der Waals surface area (Å²) in [5.41, 5.74) is -0.900. The Hall–Kier alpha value is -0.150. The molecule has 2 rings (SSSR count). The van der Waals surface area contributed by atoms with Crippen LogP contribution in [0.1, 0.15) is 37.8 Å². The van der Waals surface area contributed by atoms with Crippen molar-refractivity contribution in [2.24, 2.45) is 0 Å².